The lowest BCUT2D eigenvalue weighted by molar-refractivity contribution is -0.137. The molecule has 0 amide bonds. The van der Waals surface area contributed by atoms with Crippen LogP contribution in [0.25, 0.3) is 0 Å². The van der Waals surface area contributed by atoms with Crippen LogP contribution in [0.2, 0.25) is 0 Å². The zero-order valence-corrected chi connectivity index (χ0v) is 14.9. The molecule has 0 radical (unpaired) electrons. The van der Waals surface area contributed by atoms with Crippen molar-refractivity contribution in [2.45, 2.75) is 19.7 Å². The van der Waals surface area contributed by atoms with Crippen molar-refractivity contribution in [1.29, 1.82) is 0 Å². The summed E-state index contributed by atoms with van der Waals surface area (Å²) < 4.78 is 45.8. The Bertz CT molecular complexity index is 897. The lowest BCUT2D eigenvalue weighted by Gasteiger charge is -2.22. The van der Waals surface area contributed by atoms with E-state index in [4.69, 9.17) is 4.74 Å². The van der Waals surface area contributed by atoms with E-state index in [1.807, 2.05) is 49.4 Å². The van der Waals surface area contributed by atoms with E-state index in [9.17, 15) is 13.2 Å². The molecule has 1 heterocycles. The third kappa shape index (κ3) is 4.55. The highest BCUT2D eigenvalue weighted by Crippen LogP contribution is 2.37. The van der Waals surface area contributed by atoms with E-state index in [0.717, 1.165) is 17.3 Å². The number of halogens is 3. The highest BCUT2D eigenvalue weighted by Gasteiger charge is 2.36. The van der Waals surface area contributed by atoms with Crippen LogP contribution in [-0.2, 0) is 12.8 Å². The number of ether oxygens (including phenoxy) is 1. The van der Waals surface area contributed by atoms with Gasteiger partial charge in [-0.1, -0.05) is 48.0 Å². The molecule has 140 valence electrons. The van der Waals surface area contributed by atoms with Crippen LogP contribution in [0.5, 0.6) is 6.01 Å². The van der Waals surface area contributed by atoms with Crippen molar-refractivity contribution < 1.29 is 17.9 Å². The zero-order valence-electron chi connectivity index (χ0n) is 14.9. The Morgan fingerprint density at radius 1 is 1.00 bits per heavy atom. The first-order valence-electron chi connectivity index (χ1n) is 8.26. The molecule has 0 fully saturated rings. The third-order valence-corrected chi connectivity index (χ3v) is 4.00. The highest BCUT2D eigenvalue weighted by molar-refractivity contribution is 5.63. The topological polar surface area (TPSA) is 38.2 Å². The smallest absolute Gasteiger partial charge is 0.421 e. The normalized spacial score (nSPS) is 11.3. The van der Waals surface area contributed by atoms with Crippen molar-refractivity contribution in [3.05, 3.63) is 77.5 Å². The molecule has 0 spiro atoms. The standard InChI is InChI=1S/C20H18F3N3O/c1-14-8-10-16(11-9-14)26(2)18-17(20(21,22)23)12-24-19(25-18)27-13-15-6-4-3-5-7-15/h3-12H,13H2,1-2H3. The fourth-order valence-corrected chi connectivity index (χ4v) is 2.50. The van der Waals surface area contributed by atoms with Gasteiger partial charge < -0.3 is 9.64 Å². The molecule has 0 aliphatic heterocycles. The Hall–Kier alpha value is -3.09. The predicted molar refractivity (Wildman–Crippen MR) is 97.1 cm³/mol. The first-order chi connectivity index (χ1) is 12.8. The fraction of sp³-hybridized carbons (Fsp3) is 0.200. The highest BCUT2D eigenvalue weighted by atomic mass is 19.4. The van der Waals surface area contributed by atoms with Crippen LogP contribution in [0.3, 0.4) is 0 Å². The predicted octanol–water partition coefficient (Wildman–Crippen LogP) is 5.15. The van der Waals surface area contributed by atoms with Crippen LogP contribution in [-0.4, -0.2) is 17.0 Å². The van der Waals surface area contributed by atoms with Crippen molar-refractivity contribution in [3.8, 4) is 6.01 Å². The lowest BCUT2D eigenvalue weighted by Crippen LogP contribution is -2.19. The van der Waals surface area contributed by atoms with Crippen molar-refractivity contribution in [2.75, 3.05) is 11.9 Å². The molecule has 0 N–H and O–H groups in total. The number of aryl methyl sites for hydroxylation is 1. The number of rotatable bonds is 5. The minimum Gasteiger partial charge on any atom is -0.459 e. The number of benzene rings is 2. The van der Waals surface area contributed by atoms with E-state index in [2.05, 4.69) is 9.97 Å². The van der Waals surface area contributed by atoms with E-state index in [1.165, 1.54) is 11.9 Å². The Morgan fingerprint density at radius 3 is 2.30 bits per heavy atom. The van der Waals surface area contributed by atoms with Crippen LogP contribution in [0.1, 0.15) is 16.7 Å². The van der Waals surface area contributed by atoms with Gasteiger partial charge in [0.05, 0.1) is 0 Å². The van der Waals surface area contributed by atoms with Crippen molar-refractivity contribution in [3.63, 3.8) is 0 Å². The summed E-state index contributed by atoms with van der Waals surface area (Å²) in [6.45, 7) is 2.07. The first-order valence-corrected chi connectivity index (χ1v) is 8.26. The van der Waals surface area contributed by atoms with Gasteiger partial charge in [0.1, 0.15) is 12.2 Å². The van der Waals surface area contributed by atoms with Gasteiger partial charge in [0.25, 0.3) is 0 Å². The second kappa shape index (κ2) is 7.65. The monoisotopic (exact) mass is 373 g/mol. The number of anilines is 2. The minimum absolute atomic E-state index is 0.110. The van der Waals surface area contributed by atoms with Gasteiger partial charge in [0.15, 0.2) is 5.82 Å². The molecule has 0 saturated carbocycles. The molecule has 0 aliphatic rings. The van der Waals surface area contributed by atoms with Gasteiger partial charge in [-0.3, -0.25) is 0 Å². The maximum Gasteiger partial charge on any atom is 0.421 e. The van der Waals surface area contributed by atoms with E-state index in [0.29, 0.717) is 5.69 Å². The van der Waals surface area contributed by atoms with Crippen LogP contribution in [0, 0.1) is 6.92 Å². The lowest BCUT2D eigenvalue weighted by atomic mass is 10.2. The number of hydrogen-bond donors (Lipinski definition) is 0. The third-order valence-electron chi connectivity index (χ3n) is 4.00. The van der Waals surface area contributed by atoms with Gasteiger partial charge in [-0.05, 0) is 24.6 Å². The van der Waals surface area contributed by atoms with Crippen LogP contribution in [0.4, 0.5) is 24.7 Å². The van der Waals surface area contributed by atoms with E-state index in [1.54, 1.807) is 12.1 Å². The average molecular weight is 373 g/mol. The minimum atomic E-state index is -4.58. The number of hydrogen-bond acceptors (Lipinski definition) is 4. The van der Waals surface area contributed by atoms with E-state index >= 15 is 0 Å². The summed E-state index contributed by atoms with van der Waals surface area (Å²) >= 11 is 0. The molecule has 27 heavy (non-hydrogen) atoms. The molecule has 1 aromatic heterocycles. The van der Waals surface area contributed by atoms with Gasteiger partial charge in [0.2, 0.25) is 0 Å². The number of nitrogens with zero attached hydrogens (tertiary/aromatic N) is 3. The summed E-state index contributed by atoms with van der Waals surface area (Å²) in [5.74, 6) is -0.260. The largest absolute Gasteiger partial charge is 0.459 e. The summed E-state index contributed by atoms with van der Waals surface area (Å²) in [4.78, 5) is 9.13. The summed E-state index contributed by atoms with van der Waals surface area (Å²) in [5.41, 5.74) is 1.55. The van der Waals surface area contributed by atoms with Gasteiger partial charge in [-0.25, -0.2) is 4.98 Å². The van der Waals surface area contributed by atoms with Gasteiger partial charge >= 0.3 is 12.2 Å². The SMILES string of the molecule is Cc1ccc(N(C)c2nc(OCc3ccccc3)ncc2C(F)(F)F)cc1. The van der Waals surface area contributed by atoms with Crippen LogP contribution >= 0.6 is 0 Å². The van der Waals surface area contributed by atoms with E-state index in [-0.39, 0.29) is 18.4 Å². The molecule has 0 saturated heterocycles. The second-order valence-electron chi connectivity index (χ2n) is 6.06. The molecule has 4 nitrogen and oxygen atoms in total. The summed E-state index contributed by atoms with van der Waals surface area (Å²) in [6, 6.07) is 16.3. The second-order valence-corrected chi connectivity index (χ2v) is 6.06. The quantitative estimate of drug-likeness (QED) is 0.620. The van der Waals surface area contributed by atoms with Crippen molar-refractivity contribution in [1.82, 2.24) is 9.97 Å². The maximum absolute atomic E-state index is 13.4. The zero-order chi connectivity index (χ0) is 19.4. The number of alkyl halides is 3. The Balaban J connectivity index is 1.92. The average Bonchev–Trinajstić information content (AvgIpc) is 2.66. The Kier molecular flexibility index (Phi) is 5.30. The molecule has 7 heteroatoms. The van der Waals surface area contributed by atoms with Gasteiger partial charge in [-0.15, -0.1) is 0 Å². The molecule has 2 aromatic carbocycles. The first kappa shape index (κ1) is 18.7. The van der Waals surface area contributed by atoms with Crippen LogP contribution in [0.15, 0.2) is 60.8 Å². The van der Waals surface area contributed by atoms with Crippen molar-refractivity contribution in [2.24, 2.45) is 0 Å². The summed E-state index contributed by atoms with van der Waals surface area (Å²) in [7, 11) is 1.53. The molecule has 0 unspecified atom stereocenters. The molecule has 3 rings (SSSR count). The summed E-state index contributed by atoms with van der Waals surface area (Å²) in [5, 5.41) is 0. The Labute approximate surface area is 155 Å². The maximum atomic E-state index is 13.4. The molecular weight excluding hydrogens is 355 g/mol. The molecule has 0 atom stereocenters. The van der Waals surface area contributed by atoms with E-state index < -0.39 is 11.7 Å². The molecule has 0 aliphatic carbocycles. The van der Waals surface area contributed by atoms with Crippen molar-refractivity contribution >= 4 is 11.5 Å². The molecule has 3 aromatic rings. The molecular formula is C20H18F3N3O. The van der Waals surface area contributed by atoms with Gasteiger partial charge in [-0.2, -0.15) is 18.2 Å². The van der Waals surface area contributed by atoms with Gasteiger partial charge in [0, 0.05) is 18.9 Å². The number of aromatic nitrogens is 2. The molecule has 0 bridgehead atoms. The fourth-order valence-electron chi connectivity index (χ4n) is 2.50. The Morgan fingerprint density at radius 2 is 1.67 bits per heavy atom. The summed E-state index contributed by atoms with van der Waals surface area (Å²) in [6.07, 6.45) is -3.82. The van der Waals surface area contributed by atoms with Crippen LogP contribution < -0.4 is 9.64 Å².